The minimum Gasteiger partial charge on any atom is -0.497 e. The molecule has 0 aliphatic heterocycles. The number of thiazole rings is 1. The number of benzene rings is 2. The van der Waals surface area contributed by atoms with E-state index in [1.807, 2.05) is 29.6 Å². The zero-order valence-electron chi connectivity index (χ0n) is 13.2. The van der Waals surface area contributed by atoms with Crippen LogP contribution in [0, 0.1) is 0 Å². The van der Waals surface area contributed by atoms with Gasteiger partial charge in [-0.25, -0.2) is 18.5 Å². The van der Waals surface area contributed by atoms with Gasteiger partial charge in [0.15, 0.2) is 5.13 Å². The van der Waals surface area contributed by atoms with Gasteiger partial charge in [0.25, 0.3) is 0 Å². The molecule has 0 amide bonds. The van der Waals surface area contributed by atoms with Crippen LogP contribution in [0.25, 0.3) is 11.3 Å². The normalized spacial score (nSPS) is 10.8. The highest BCUT2D eigenvalue weighted by Gasteiger charge is 2.08. The van der Waals surface area contributed by atoms with Crippen molar-refractivity contribution < 1.29 is 13.2 Å². The molecule has 0 unspecified atom stereocenters. The molecule has 1 heterocycles. The van der Waals surface area contributed by atoms with Crippen molar-refractivity contribution in [3.63, 3.8) is 0 Å². The van der Waals surface area contributed by atoms with E-state index in [1.165, 1.54) is 23.5 Å². The summed E-state index contributed by atoms with van der Waals surface area (Å²) in [5.41, 5.74) is 2.58. The lowest BCUT2D eigenvalue weighted by Crippen LogP contribution is -2.11. The molecule has 25 heavy (non-hydrogen) atoms. The molecule has 3 N–H and O–H groups in total. The van der Waals surface area contributed by atoms with Crippen LogP contribution in [0.5, 0.6) is 5.75 Å². The Balaban J connectivity index is 0.00000225. The number of anilines is 2. The highest BCUT2D eigenvalue weighted by Crippen LogP contribution is 2.28. The maximum Gasteiger partial charge on any atom is 0.238 e. The second kappa shape index (κ2) is 7.96. The molecule has 0 saturated carbocycles. The smallest absolute Gasteiger partial charge is 0.238 e. The number of methoxy groups -OCH3 is 1. The van der Waals surface area contributed by atoms with Crippen molar-refractivity contribution in [1.82, 2.24) is 4.98 Å². The monoisotopic (exact) mass is 441 g/mol. The third kappa shape index (κ3) is 4.79. The van der Waals surface area contributed by atoms with Gasteiger partial charge in [-0.05, 0) is 48.5 Å². The highest BCUT2D eigenvalue weighted by molar-refractivity contribution is 8.93. The third-order valence-electron chi connectivity index (χ3n) is 3.32. The molecule has 0 radical (unpaired) electrons. The first-order valence-electron chi connectivity index (χ1n) is 6.95. The first kappa shape index (κ1) is 19.4. The zero-order chi connectivity index (χ0) is 17.2. The van der Waals surface area contributed by atoms with Crippen molar-refractivity contribution >= 4 is 49.2 Å². The molecule has 9 heteroatoms. The number of nitrogens with zero attached hydrogens (tertiary/aromatic N) is 1. The van der Waals surface area contributed by atoms with Crippen LogP contribution < -0.4 is 15.2 Å². The maximum atomic E-state index is 11.2. The topological polar surface area (TPSA) is 94.3 Å². The molecule has 3 aromatic rings. The first-order chi connectivity index (χ1) is 11.5. The number of nitrogens with one attached hydrogen (secondary N) is 1. The Morgan fingerprint density at radius 2 is 1.72 bits per heavy atom. The standard InChI is InChI=1S/C16H15N3O3S2.BrH/c1-22-13-6-2-11(3-7-13)15-10-23-16(19-15)18-12-4-8-14(9-5-12)24(17,20)21;/h2-10H,1H3,(H,18,19)(H2,17,20,21);1H. The van der Waals surface area contributed by atoms with Crippen LogP contribution in [0.2, 0.25) is 0 Å². The van der Waals surface area contributed by atoms with E-state index in [0.29, 0.717) is 5.13 Å². The number of hydrogen-bond acceptors (Lipinski definition) is 6. The summed E-state index contributed by atoms with van der Waals surface area (Å²) in [6.45, 7) is 0. The number of rotatable bonds is 5. The number of primary sulfonamides is 1. The van der Waals surface area contributed by atoms with E-state index in [1.54, 1.807) is 19.2 Å². The van der Waals surface area contributed by atoms with Gasteiger partial charge >= 0.3 is 0 Å². The molecule has 1 aromatic heterocycles. The molecule has 0 fully saturated rings. The van der Waals surface area contributed by atoms with Gasteiger partial charge in [-0.15, -0.1) is 28.3 Å². The van der Waals surface area contributed by atoms with Crippen molar-refractivity contribution in [2.75, 3.05) is 12.4 Å². The SMILES string of the molecule is Br.COc1ccc(-c2csc(Nc3ccc(S(N)(=O)=O)cc3)n2)cc1. The lowest BCUT2D eigenvalue weighted by molar-refractivity contribution is 0.415. The molecule has 3 rings (SSSR count). The number of sulfonamides is 1. The molecule has 2 aromatic carbocycles. The van der Waals surface area contributed by atoms with Crippen LogP contribution in [0.3, 0.4) is 0 Å². The molecule has 0 atom stereocenters. The minimum absolute atomic E-state index is 0. The maximum absolute atomic E-state index is 11.2. The number of ether oxygens (including phenoxy) is 1. The van der Waals surface area contributed by atoms with Gasteiger partial charge in [0, 0.05) is 16.6 Å². The lowest BCUT2D eigenvalue weighted by atomic mass is 10.2. The lowest BCUT2D eigenvalue weighted by Gasteiger charge is -2.04. The van der Waals surface area contributed by atoms with Gasteiger partial charge in [0.2, 0.25) is 10.0 Å². The molecule has 6 nitrogen and oxygen atoms in total. The summed E-state index contributed by atoms with van der Waals surface area (Å²) < 4.78 is 27.6. The van der Waals surface area contributed by atoms with Crippen molar-refractivity contribution in [3.05, 3.63) is 53.9 Å². The van der Waals surface area contributed by atoms with Crippen LogP contribution in [-0.4, -0.2) is 20.5 Å². The molecule has 132 valence electrons. The van der Waals surface area contributed by atoms with Gasteiger partial charge in [-0.1, -0.05) is 0 Å². The first-order valence-corrected chi connectivity index (χ1v) is 9.38. The summed E-state index contributed by atoms with van der Waals surface area (Å²) in [5.74, 6) is 0.794. The van der Waals surface area contributed by atoms with E-state index in [9.17, 15) is 8.42 Å². The van der Waals surface area contributed by atoms with E-state index in [2.05, 4.69) is 10.3 Å². The average molecular weight is 442 g/mol. The van der Waals surface area contributed by atoms with E-state index in [4.69, 9.17) is 9.88 Å². The second-order valence-electron chi connectivity index (χ2n) is 4.96. The predicted octanol–water partition coefficient (Wildman–Crippen LogP) is 3.79. The molecule has 0 aliphatic carbocycles. The van der Waals surface area contributed by atoms with Crippen LogP contribution >= 0.6 is 28.3 Å². The summed E-state index contributed by atoms with van der Waals surface area (Å²) in [6, 6.07) is 13.9. The Bertz CT molecular complexity index is 940. The number of hydrogen-bond donors (Lipinski definition) is 2. The number of halogens is 1. The Morgan fingerprint density at radius 1 is 1.08 bits per heavy atom. The van der Waals surface area contributed by atoms with Gasteiger partial charge in [-0.2, -0.15) is 0 Å². The Kier molecular flexibility index (Phi) is 6.17. The van der Waals surface area contributed by atoms with E-state index >= 15 is 0 Å². The largest absolute Gasteiger partial charge is 0.497 e. The second-order valence-corrected chi connectivity index (χ2v) is 7.38. The molecule has 0 bridgehead atoms. The predicted molar refractivity (Wildman–Crippen MR) is 106 cm³/mol. The third-order valence-corrected chi connectivity index (χ3v) is 5.01. The fourth-order valence-electron chi connectivity index (χ4n) is 2.08. The van der Waals surface area contributed by atoms with E-state index < -0.39 is 10.0 Å². The average Bonchev–Trinajstić information content (AvgIpc) is 3.03. The van der Waals surface area contributed by atoms with E-state index in [-0.39, 0.29) is 21.9 Å². The van der Waals surface area contributed by atoms with E-state index in [0.717, 1.165) is 22.7 Å². The molecule has 0 aliphatic rings. The summed E-state index contributed by atoms with van der Waals surface area (Å²) in [5, 5.41) is 10.9. The number of aromatic nitrogens is 1. The van der Waals surface area contributed by atoms with Crippen LogP contribution in [0.1, 0.15) is 0 Å². The molecular weight excluding hydrogens is 426 g/mol. The van der Waals surface area contributed by atoms with Crippen LogP contribution in [0.4, 0.5) is 10.8 Å². The van der Waals surface area contributed by atoms with Crippen molar-refractivity contribution in [2.45, 2.75) is 4.90 Å². The highest BCUT2D eigenvalue weighted by atomic mass is 79.9. The van der Waals surface area contributed by atoms with Crippen LogP contribution in [0.15, 0.2) is 58.8 Å². The number of nitrogens with two attached hydrogens (primary N) is 1. The van der Waals surface area contributed by atoms with Crippen molar-refractivity contribution in [2.24, 2.45) is 5.14 Å². The fourth-order valence-corrected chi connectivity index (χ4v) is 3.33. The Morgan fingerprint density at radius 3 is 2.28 bits per heavy atom. The van der Waals surface area contributed by atoms with Gasteiger partial charge < -0.3 is 10.1 Å². The minimum atomic E-state index is -3.68. The Hall–Kier alpha value is -1.94. The van der Waals surface area contributed by atoms with Crippen molar-refractivity contribution in [3.8, 4) is 17.0 Å². The summed E-state index contributed by atoms with van der Waals surface area (Å²) >= 11 is 1.46. The summed E-state index contributed by atoms with van der Waals surface area (Å²) in [7, 11) is -2.06. The van der Waals surface area contributed by atoms with Gasteiger partial charge in [0.1, 0.15) is 5.75 Å². The molecule has 0 saturated heterocycles. The summed E-state index contributed by atoms with van der Waals surface area (Å²) in [6.07, 6.45) is 0. The molecular formula is C16H16BrN3O3S2. The zero-order valence-corrected chi connectivity index (χ0v) is 16.5. The Labute approximate surface area is 160 Å². The summed E-state index contributed by atoms with van der Waals surface area (Å²) in [4.78, 5) is 4.60. The fraction of sp³-hybridized carbons (Fsp3) is 0.0625. The quantitative estimate of drug-likeness (QED) is 0.627. The molecule has 0 spiro atoms. The van der Waals surface area contributed by atoms with Gasteiger partial charge in [0.05, 0.1) is 17.7 Å². The van der Waals surface area contributed by atoms with Crippen LogP contribution in [-0.2, 0) is 10.0 Å². The van der Waals surface area contributed by atoms with Crippen molar-refractivity contribution in [1.29, 1.82) is 0 Å². The van der Waals surface area contributed by atoms with Gasteiger partial charge in [-0.3, -0.25) is 0 Å².